The van der Waals surface area contributed by atoms with Gasteiger partial charge < -0.3 is 18.2 Å². The second-order valence-electron chi connectivity index (χ2n) is 33.7. The Balaban J connectivity index is 0.752. The average Bonchev–Trinajstić information content (AvgIpc) is 1.49. The Kier molecular flexibility index (Phi) is 11.1. The van der Waals surface area contributed by atoms with E-state index in [2.05, 4.69) is 343 Å². The van der Waals surface area contributed by atoms with Crippen LogP contribution in [0.25, 0.3) is 155 Å². The fraction of sp³-hybridized carbons (Fsp3) is 0.104. The monoisotopic (exact) mass is 1420 g/mol. The largest absolute Gasteiger partial charge is 0.456 e. The number of benzene rings is 15. The summed E-state index contributed by atoms with van der Waals surface area (Å²) in [7, 11) is 0. The lowest BCUT2D eigenvalue weighted by molar-refractivity contribution is 0.600. The molecule has 15 aromatic carbocycles. The average molecular weight is 1420 g/mol. The third-order valence-corrected chi connectivity index (χ3v) is 27.7. The van der Waals surface area contributed by atoms with Gasteiger partial charge in [0.25, 0.3) is 0 Å². The van der Waals surface area contributed by atoms with E-state index in [4.69, 9.17) is 13.3 Å². The van der Waals surface area contributed by atoms with E-state index in [1.165, 1.54) is 161 Å². The molecule has 19 aromatic rings. The van der Waals surface area contributed by atoms with Gasteiger partial charge in [-0.15, -0.1) is 0 Å². The van der Waals surface area contributed by atoms with Crippen LogP contribution < -0.4 is 4.90 Å². The summed E-state index contributed by atoms with van der Waals surface area (Å²) < 4.78 is 21.2. The van der Waals surface area contributed by atoms with Gasteiger partial charge in [-0.3, -0.25) is 4.98 Å². The maximum atomic E-state index is 7.22. The first-order valence-electron chi connectivity index (χ1n) is 39.1. The molecule has 0 radical (unpaired) electrons. The van der Waals surface area contributed by atoms with Gasteiger partial charge in [-0.2, -0.15) is 0 Å². The van der Waals surface area contributed by atoms with Crippen LogP contribution >= 0.6 is 0 Å². The first-order chi connectivity index (χ1) is 54.3. The number of para-hydroxylation sites is 3. The lowest BCUT2D eigenvalue weighted by atomic mass is 9.68. The van der Waals surface area contributed by atoms with Gasteiger partial charge in [0.1, 0.15) is 33.5 Å². The van der Waals surface area contributed by atoms with Gasteiger partial charge in [-0.05, 0) is 247 Å². The molecule has 0 bridgehead atoms. The molecule has 4 aromatic heterocycles. The summed E-state index contributed by atoms with van der Waals surface area (Å²) in [6.45, 7) is 14.7. The molecule has 5 heteroatoms. The van der Waals surface area contributed by atoms with Crippen LogP contribution in [0.5, 0.6) is 0 Å². The highest BCUT2D eigenvalue weighted by molar-refractivity contribution is 6.23. The molecular formula is C106H68N2O3. The minimum absolute atomic E-state index is 0.314. The third kappa shape index (κ3) is 7.04. The zero-order chi connectivity index (χ0) is 73.2. The second kappa shape index (κ2) is 20.3. The molecule has 0 saturated heterocycles. The number of anilines is 3. The van der Waals surface area contributed by atoms with Crippen molar-refractivity contribution in [3.8, 4) is 89.0 Å². The van der Waals surface area contributed by atoms with Crippen LogP contribution in [0.15, 0.2) is 317 Å². The summed E-state index contributed by atoms with van der Waals surface area (Å²) in [6.07, 6.45) is 3.78. The molecular weight excluding hydrogens is 1350 g/mol. The minimum atomic E-state index is -0.750. The first-order valence-corrected chi connectivity index (χ1v) is 39.1. The van der Waals surface area contributed by atoms with Crippen LogP contribution in [0.2, 0.25) is 0 Å². The second-order valence-corrected chi connectivity index (χ2v) is 33.7. The SMILES string of the molecule is CC1(C)c2cc(N(c3ccc4c(c3)C(C)(C)c3c5c(c6oc7ccccc7c6c3-4)-c3ccccc3C5(C)C)c3ccc4c(c3)C3(c5ccccc5-c5ccccc53)c3cc5c(cc3-4)C3(c4ccccc4-c4ccccc43)c3ccc4oc6ccccc6c4c3-5)ccc2-c2c1cc(-c1ccncc1)c1oc3ccccc3c21. The van der Waals surface area contributed by atoms with E-state index in [1.54, 1.807) is 0 Å². The van der Waals surface area contributed by atoms with Crippen molar-refractivity contribution in [3.05, 3.63) is 381 Å². The van der Waals surface area contributed by atoms with E-state index in [0.29, 0.717) is 0 Å². The number of aromatic nitrogens is 1. The van der Waals surface area contributed by atoms with Crippen molar-refractivity contribution in [2.75, 3.05) is 4.90 Å². The number of nitrogens with zero attached hydrogens (tertiary/aromatic N) is 2. The molecule has 5 nitrogen and oxygen atoms in total. The first kappa shape index (κ1) is 60.6. The number of hydrogen-bond acceptors (Lipinski definition) is 5. The van der Waals surface area contributed by atoms with Gasteiger partial charge in [-0.1, -0.05) is 242 Å². The molecule has 0 atom stereocenters. The standard InChI is InChI=1S/C106H68N2O3/c1-102(2)81-51-58(40-43-67(81)91-86(102)54-72(57-47-49-107-50-48-57)100-95(91)70-29-13-21-37-88(70)110-100)108(59-41-44-68-82(52-59)104(5,6)98-94(68)96-71-30-14-22-38-89(71)111-101(96)97-66-27-11-15-31-75(66)103(3,4)99(97)98)60-39-42-65-73-55-85-74(56-84(73)106(83(65)53-60)78-34-18-9-25-63(78)64-26-10-19-35-79(64)106)92-80(45-46-90-93(92)69-28-12-20-36-87(69)109-90)105(85)76-32-16-7-23-61(76)62-24-8-17-33-77(62)105/h7-56H,1-6H3. The predicted molar refractivity (Wildman–Crippen MR) is 451 cm³/mol. The van der Waals surface area contributed by atoms with E-state index in [9.17, 15) is 0 Å². The minimum Gasteiger partial charge on any atom is -0.456 e. The van der Waals surface area contributed by atoms with Gasteiger partial charge in [0, 0.05) is 89.1 Å². The highest BCUT2D eigenvalue weighted by Crippen LogP contribution is 2.71. The van der Waals surface area contributed by atoms with Crippen LogP contribution in [0.3, 0.4) is 0 Å². The smallest absolute Gasteiger partial charge is 0.144 e. The summed E-state index contributed by atoms with van der Waals surface area (Å²) in [5, 5.41) is 6.89. The van der Waals surface area contributed by atoms with Crippen molar-refractivity contribution in [2.45, 2.75) is 68.6 Å². The molecule has 0 aliphatic heterocycles. The lowest BCUT2D eigenvalue weighted by Gasteiger charge is -2.33. The normalized spacial score (nSPS) is 15.8. The molecule has 4 heterocycles. The predicted octanol–water partition coefficient (Wildman–Crippen LogP) is 27.5. The van der Waals surface area contributed by atoms with Crippen molar-refractivity contribution in [3.63, 3.8) is 0 Å². The molecule has 0 saturated carbocycles. The van der Waals surface area contributed by atoms with Gasteiger partial charge >= 0.3 is 0 Å². The van der Waals surface area contributed by atoms with Gasteiger partial charge in [0.2, 0.25) is 0 Å². The topological polar surface area (TPSA) is 55.6 Å². The molecule has 0 fully saturated rings. The molecule has 2 spiro atoms. The van der Waals surface area contributed by atoms with Crippen LogP contribution in [0.1, 0.15) is 119 Å². The molecule has 7 aliphatic carbocycles. The zero-order valence-corrected chi connectivity index (χ0v) is 62.0. The van der Waals surface area contributed by atoms with E-state index in [-0.39, 0.29) is 5.41 Å². The number of hydrogen-bond donors (Lipinski definition) is 0. The number of fused-ring (bicyclic) bond motifs is 43. The highest BCUT2D eigenvalue weighted by atomic mass is 16.3. The summed E-state index contributed by atoms with van der Waals surface area (Å²) in [4.78, 5) is 7.09. The number of furan rings is 3. The summed E-state index contributed by atoms with van der Waals surface area (Å²) in [5.74, 6) is 0. The molecule has 0 N–H and O–H groups in total. The van der Waals surface area contributed by atoms with Crippen LogP contribution in [0, 0.1) is 0 Å². The Hall–Kier alpha value is -13.4. The Labute approximate surface area is 641 Å². The van der Waals surface area contributed by atoms with E-state index < -0.39 is 21.7 Å². The van der Waals surface area contributed by atoms with Crippen LogP contribution in [-0.2, 0) is 27.1 Å². The third-order valence-electron chi connectivity index (χ3n) is 27.7. The van der Waals surface area contributed by atoms with Gasteiger partial charge in [0.15, 0.2) is 0 Å². The lowest BCUT2D eigenvalue weighted by Crippen LogP contribution is -2.27. The molecule has 520 valence electrons. The molecule has 26 rings (SSSR count). The summed E-state index contributed by atoms with van der Waals surface area (Å²) in [6, 6.07) is 111. The van der Waals surface area contributed by atoms with Crippen LogP contribution in [0.4, 0.5) is 17.1 Å². The van der Waals surface area contributed by atoms with Crippen LogP contribution in [-0.4, -0.2) is 4.98 Å². The molecule has 111 heavy (non-hydrogen) atoms. The highest BCUT2D eigenvalue weighted by Gasteiger charge is 2.58. The van der Waals surface area contributed by atoms with Crippen molar-refractivity contribution >= 4 is 82.9 Å². The van der Waals surface area contributed by atoms with Crippen molar-refractivity contribution in [1.29, 1.82) is 0 Å². The van der Waals surface area contributed by atoms with Crippen molar-refractivity contribution in [1.82, 2.24) is 4.98 Å². The molecule has 0 unspecified atom stereocenters. The van der Waals surface area contributed by atoms with E-state index >= 15 is 0 Å². The van der Waals surface area contributed by atoms with Gasteiger partial charge in [0.05, 0.1) is 10.8 Å². The zero-order valence-electron chi connectivity index (χ0n) is 62.0. The maximum absolute atomic E-state index is 7.22. The van der Waals surface area contributed by atoms with E-state index in [1.807, 2.05) is 12.4 Å². The Morgan fingerprint density at radius 2 is 0.640 bits per heavy atom. The Bertz CT molecular complexity index is 7480. The Morgan fingerprint density at radius 1 is 0.243 bits per heavy atom. The van der Waals surface area contributed by atoms with Crippen molar-refractivity contribution in [2.24, 2.45) is 0 Å². The quantitative estimate of drug-likeness (QED) is 0.176. The maximum Gasteiger partial charge on any atom is 0.144 e. The van der Waals surface area contributed by atoms with Gasteiger partial charge in [-0.25, -0.2) is 0 Å². The Morgan fingerprint density at radius 3 is 1.24 bits per heavy atom. The number of pyridine rings is 1. The summed E-state index contributed by atoms with van der Waals surface area (Å²) in [5.41, 5.74) is 44.1. The molecule has 0 amide bonds. The fourth-order valence-corrected chi connectivity index (χ4v) is 23.3. The number of rotatable bonds is 4. The summed E-state index contributed by atoms with van der Waals surface area (Å²) >= 11 is 0. The van der Waals surface area contributed by atoms with E-state index in [0.717, 1.165) is 88.6 Å². The van der Waals surface area contributed by atoms with Crippen molar-refractivity contribution < 1.29 is 13.3 Å². The molecule has 7 aliphatic rings. The fourth-order valence-electron chi connectivity index (χ4n) is 23.3.